The Labute approximate surface area is 105 Å². The molecule has 0 unspecified atom stereocenters. The van der Waals surface area contributed by atoms with Crippen molar-refractivity contribution < 1.29 is 13.2 Å². The lowest BCUT2D eigenvalue weighted by Gasteiger charge is -2.22. The van der Waals surface area contributed by atoms with Gasteiger partial charge in [-0.2, -0.15) is 22.8 Å². The van der Waals surface area contributed by atoms with Crippen LogP contribution in [0.15, 0.2) is 0 Å². The second-order valence-electron chi connectivity index (χ2n) is 3.99. The maximum Gasteiger partial charge on any atom is 0.453 e. The van der Waals surface area contributed by atoms with E-state index in [0.717, 1.165) is 11.3 Å². The molecule has 0 aliphatic rings. The molecule has 0 bridgehead atoms. The molecule has 0 saturated carbocycles. The van der Waals surface area contributed by atoms with E-state index in [1.165, 1.54) is 0 Å². The smallest absolute Gasteiger partial charge is 0.319 e. The highest BCUT2D eigenvalue weighted by Crippen LogP contribution is 2.33. The molecule has 0 aromatic carbocycles. The lowest BCUT2D eigenvalue weighted by atomic mass is 9.95. The van der Waals surface area contributed by atoms with E-state index in [0.29, 0.717) is 22.4 Å². The lowest BCUT2D eigenvalue weighted by molar-refractivity contribution is -0.146. The Morgan fingerprint density at radius 2 is 1.83 bits per heavy atom. The van der Waals surface area contributed by atoms with Crippen LogP contribution in [0.4, 0.5) is 13.2 Å². The Hall–Kier alpha value is -1.22. The van der Waals surface area contributed by atoms with E-state index >= 15 is 0 Å². The summed E-state index contributed by atoms with van der Waals surface area (Å²) in [5.41, 5.74) is 5.39. The molecule has 9 heteroatoms. The molecule has 0 saturated heterocycles. The van der Waals surface area contributed by atoms with Crippen molar-refractivity contribution in [2.24, 2.45) is 5.73 Å². The van der Waals surface area contributed by atoms with Gasteiger partial charge < -0.3 is 5.73 Å². The van der Waals surface area contributed by atoms with Crippen molar-refractivity contribution in [1.29, 1.82) is 0 Å². The van der Waals surface area contributed by atoms with Gasteiger partial charge in [0.15, 0.2) is 0 Å². The van der Waals surface area contributed by atoms with E-state index in [1.54, 1.807) is 0 Å². The molecular weight excluding hydrogens is 267 g/mol. The van der Waals surface area contributed by atoms with Gasteiger partial charge in [-0.15, -0.1) is 10.2 Å². The van der Waals surface area contributed by atoms with Crippen molar-refractivity contribution >= 4 is 16.3 Å². The van der Waals surface area contributed by atoms with E-state index < -0.39 is 17.5 Å². The van der Waals surface area contributed by atoms with Gasteiger partial charge in [0.2, 0.25) is 4.96 Å². The fourth-order valence-corrected chi connectivity index (χ4v) is 2.63. The monoisotopic (exact) mass is 279 g/mol. The van der Waals surface area contributed by atoms with Crippen molar-refractivity contribution in [2.45, 2.75) is 38.4 Å². The predicted molar refractivity (Wildman–Crippen MR) is 60.1 cm³/mol. The number of halogens is 3. The van der Waals surface area contributed by atoms with Gasteiger partial charge in [0.05, 0.1) is 5.54 Å². The summed E-state index contributed by atoms with van der Waals surface area (Å²) in [4.78, 5) is 0.106. The fourth-order valence-electron chi connectivity index (χ4n) is 1.55. The molecule has 0 atom stereocenters. The summed E-state index contributed by atoms with van der Waals surface area (Å²) in [5.74, 6) is -1.12. The Morgan fingerprint density at radius 1 is 1.22 bits per heavy atom. The van der Waals surface area contributed by atoms with E-state index in [9.17, 15) is 13.2 Å². The summed E-state index contributed by atoms with van der Waals surface area (Å²) < 4.78 is 38.6. The molecule has 0 amide bonds. The topological polar surface area (TPSA) is 69.1 Å². The predicted octanol–water partition coefficient (Wildman–Crippen LogP) is 2.18. The molecule has 0 aliphatic carbocycles. The van der Waals surface area contributed by atoms with E-state index in [4.69, 9.17) is 5.73 Å². The summed E-state index contributed by atoms with van der Waals surface area (Å²) >= 11 is 1.04. The minimum absolute atomic E-state index is 0.106. The molecule has 18 heavy (non-hydrogen) atoms. The molecule has 2 N–H and O–H groups in total. The summed E-state index contributed by atoms with van der Waals surface area (Å²) in [6.45, 7) is 3.74. The SMILES string of the molecule is CCC(N)(CC)c1nn2c(C(F)(F)F)nnc2s1. The van der Waals surface area contributed by atoms with Gasteiger partial charge in [-0.25, -0.2) is 0 Å². The van der Waals surface area contributed by atoms with Gasteiger partial charge >= 0.3 is 6.18 Å². The minimum atomic E-state index is -4.57. The molecule has 0 spiro atoms. The van der Waals surface area contributed by atoms with E-state index in [2.05, 4.69) is 15.3 Å². The minimum Gasteiger partial charge on any atom is -0.319 e. The Bertz CT molecular complexity index is 554. The van der Waals surface area contributed by atoms with Crippen LogP contribution in [0, 0.1) is 0 Å². The highest BCUT2D eigenvalue weighted by atomic mass is 32.1. The average molecular weight is 279 g/mol. The second kappa shape index (κ2) is 4.16. The van der Waals surface area contributed by atoms with Crippen LogP contribution in [-0.2, 0) is 11.7 Å². The Morgan fingerprint density at radius 3 is 2.33 bits per heavy atom. The Kier molecular flexibility index (Phi) is 3.06. The number of nitrogens with zero attached hydrogens (tertiary/aromatic N) is 4. The molecule has 2 aromatic heterocycles. The third-order valence-electron chi connectivity index (χ3n) is 2.93. The van der Waals surface area contributed by atoms with Crippen LogP contribution in [0.1, 0.15) is 37.5 Å². The zero-order valence-electron chi connectivity index (χ0n) is 9.82. The molecule has 0 fully saturated rings. The van der Waals surface area contributed by atoms with Crippen LogP contribution >= 0.6 is 11.3 Å². The quantitative estimate of drug-likeness (QED) is 0.935. The highest BCUT2D eigenvalue weighted by Gasteiger charge is 2.39. The van der Waals surface area contributed by atoms with Gasteiger partial charge in [0.25, 0.3) is 5.82 Å². The standard InChI is InChI=1S/C9H12F3N5S/c1-3-8(13,4-2)6-16-17-5(9(10,11)12)14-15-7(17)18-6/h3-4,13H2,1-2H3. The van der Waals surface area contributed by atoms with Crippen molar-refractivity contribution in [3.05, 3.63) is 10.8 Å². The van der Waals surface area contributed by atoms with Gasteiger partial charge in [-0.05, 0) is 12.8 Å². The van der Waals surface area contributed by atoms with Crippen LogP contribution in [0.3, 0.4) is 0 Å². The molecule has 2 aromatic rings. The Balaban J connectivity index is 2.55. The van der Waals surface area contributed by atoms with Crippen molar-refractivity contribution in [3.63, 3.8) is 0 Å². The van der Waals surface area contributed by atoms with E-state index in [-0.39, 0.29) is 4.96 Å². The number of fused-ring (bicyclic) bond motifs is 1. The van der Waals surface area contributed by atoms with Gasteiger partial charge in [-0.1, -0.05) is 25.2 Å². The molecule has 5 nitrogen and oxygen atoms in total. The molecule has 2 heterocycles. The number of aromatic nitrogens is 4. The lowest BCUT2D eigenvalue weighted by Crippen LogP contribution is -2.35. The fraction of sp³-hybridized carbons (Fsp3) is 0.667. The van der Waals surface area contributed by atoms with Crippen LogP contribution in [0.25, 0.3) is 4.96 Å². The van der Waals surface area contributed by atoms with Crippen LogP contribution in [0.5, 0.6) is 0 Å². The van der Waals surface area contributed by atoms with Crippen LogP contribution in [0.2, 0.25) is 0 Å². The normalized spacial score (nSPS) is 13.4. The van der Waals surface area contributed by atoms with Gasteiger partial charge in [-0.3, -0.25) is 0 Å². The first-order valence-electron chi connectivity index (χ1n) is 5.40. The first kappa shape index (κ1) is 13.2. The number of hydrogen-bond acceptors (Lipinski definition) is 5. The summed E-state index contributed by atoms with van der Waals surface area (Å²) in [5, 5.41) is 10.9. The van der Waals surface area contributed by atoms with Crippen molar-refractivity contribution in [3.8, 4) is 0 Å². The average Bonchev–Trinajstić information content (AvgIpc) is 2.85. The van der Waals surface area contributed by atoms with Crippen molar-refractivity contribution in [1.82, 2.24) is 19.8 Å². The number of rotatable bonds is 3. The number of hydrogen-bond donors (Lipinski definition) is 1. The summed E-state index contributed by atoms with van der Waals surface area (Å²) in [6.07, 6.45) is -3.38. The highest BCUT2D eigenvalue weighted by molar-refractivity contribution is 7.16. The van der Waals surface area contributed by atoms with Crippen molar-refractivity contribution in [2.75, 3.05) is 0 Å². The number of alkyl halides is 3. The van der Waals surface area contributed by atoms with Crippen LogP contribution in [-0.4, -0.2) is 19.8 Å². The molecule has 0 radical (unpaired) electrons. The van der Waals surface area contributed by atoms with Gasteiger partial charge in [0, 0.05) is 0 Å². The number of nitrogens with two attached hydrogens (primary N) is 1. The zero-order valence-corrected chi connectivity index (χ0v) is 10.6. The molecule has 0 aliphatic heterocycles. The second-order valence-corrected chi connectivity index (χ2v) is 4.94. The van der Waals surface area contributed by atoms with E-state index in [1.807, 2.05) is 13.8 Å². The largest absolute Gasteiger partial charge is 0.453 e. The summed E-state index contributed by atoms with van der Waals surface area (Å²) in [7, 11) is 0. The first-order chi connectivity index (χ1) is 8.31. The molecular formula is C9H12F3N5S. The zero-order chi connectivity index (χ0) is 13.6. The third-order valence-corrected chi connectivity index (χ3v) is 4.05. The maximum atomic E-state index is 12.6. The maximum absolute atomic E-state index is 12.6. The van der Waals surface area contributed by atoms with Gasteiger partial charge in [0.1, 0.15) is 5.01 Å². The molecule has 2 rings (SSSR count). The van der Waals surface area contributed by atoms with Crippen LogP contribution < -0.4 is 5.73 Å². The third kappa shape index (κ3) is 1.97. The molecule has 100 valence electrons. The summed E-state index contributed by atoms with van der Waals surface area (Å²) in [6, 6.07) is 0. The first-order valence-corrected chi connectivity index (χ1v) is 6.22.